The Morgan fingerprint density at radius 3 is 2.60 bits per heavy atom. The number of guanidine groups is 1. The van der Waals surface area contributed by atoms with Crippen molar-refractivity contribution in [1.82, 2.24) is 15.5 Å². The van der Waals surface area contributed by atoms with Crippen LogP contribution in [0.1, 0.15) is 39.0 Å². The Balaban J connectivity index is 1.55. The molecule has 0 bridgehead atoms. The van der Waals surface area contributed by atoms with E-state index in [9.17, 15) is 0 Å². The number of hydrogen-bond acceptors (Lipinski definition) is 2. The summed E-state index contributed by atoms with van der Waals surface area (Å²) < 4.78 is 0. The maximum absolute atomic E-state index is 4.30. The van der Waals surface area contributed by atoms with E-state index in [2.05, 4.69) is 39.6 Å². The number of nitrogens with zero attached hydrogens (tertiary/aromatic N) is 2. The number of hydrogen-bond donors (Lipinski definition) is 2. The molecule has 0 spiro atoms. The van der Waals surface area contributed by atoms with Crippen molar-refractivity contribution in [2.75, 3.05) is 33.2 Å². The fraction of sp³-hybridized carbons (Fsp3) is 0.812. The molecule has 2 rings (SSSR count). The molecular formula is C16H30N4. The van der Waals surface area contributed by atoms with Gasteiger partial charge in [-0.3, -0.25) is 4.99 Å². The summed E-state index contributed by atoms with van der Waals surface area (Å²) in [4.78, 5) is 6.89. The van der Waals surface area contributed by atoms with Crippen molar-refractivity contribution >= 4 is 5.96 Å². The molecule has 0 aromatic carbocycles. The quantitative estimate of drug-likeness (QED) is 0.350. The van der Waals surface area contributed by atoms with E-state index in [1.165, 1.54) is 38.9 Å². The van der Waals surface area contributed by atoms with Crippen molar-refractivity contribution < 1.29 is 0 Å². The van der Waals surface area contributed by atoms with Gasteiger partial charge in [-0.15, -0.1) is 0 Å². The first kappa shape index (κ1) is 15.4. The monoisotopic (exact) mass is 278 g/mol. The van der Waals surface area contributed by atoms with Gasteiger partial charge >= 0.3 is 0 Å². The van der Waals surface area contributed by atoms with Gasteiger partial charge in [-0.1, -0.05) is 19.1 Å². The van der Waals surface area contributed by atoms with E-state index >= 15 is 0 Å². The van der Waals surface area contributed by atoms with E-state index in [-0.39, 0.29) is 0 Å². The highest BCUT2D eigenvalue weighted by Gasteiger charge is 2.15. The zero-order valence-electron chi connectivity index (χ0n) is 13.1. The lowest BCUT2D eigenvalue weighted by Gasteiger charge is -2.30. The third-order valence-electron chi connectivity index (χ3n) is 4.39. The molecule has 1 aliphatic heterocycles. The Bertz CT molecular complexity index is 321. The van der Waals surface area contributed by atoms with Gasteiger partial charge in [0.05, 0.1) is 0 Å². The summed E-state index contributed by atoms with van der Waals surface area (Å²) in [6, 6.07) is 0.532. The van der Waals surface area contributed by atoms with Crippen molar-refractivity contribution in [3.63, 3.8) is 0 Å². The van der Waals surface area contributed by atoms with Gasteiger partial charge in [0.25, 0.3) is 0 Å². The minimum Gasteiger partial charge on any atom is -0.356 e. The van der Waals surface area contributed by atoms with Gasteiger partial charge in [-0.2, -0.15) is 0 Å². The van der Waals surface area contributed by atoms with Crippen molar-refractivity contribution in [3.8, 4) is 0 Å². The highest BCUT2D eigenvalue weighted by atomic mass is 15.2. The molecule has 0 unspecified atom stereocenters. The predicted molar refractivity (Wildman–Crippen MR) is 86.1 cm³/mol. The van der Waals surface area contributed by atoms with Crippen molar-refractivity contribution in [2.45, 2.75) is 45.1 Å². The molecule has 1 aliphatic carbocycles. The highest BCUT2D eigenvalue weighted by Crippen LogP contribution is 2.15. The second-order valence-electron chi connectivity index (χ2n) is 6.16. The predicted octanol–water partition coefficient (Wildman–Crippen LogP) is 1.99. The molecule has 4 heteroatoms. The van der Waals surface area contributed by atoms with Gasteiger partial charge < -0.3 is 15.5 Å². The van der Waals surface area contributed by atoms with Crippen molar-refractivity contribution in [3.05, 3.63) is 12.2 Å². The summed E-state index contributed by atoms with van der Waals surface area (Å²) in [6.45, 7) is 7.14. The fourth-order valence-corrected chi connectivity index (χ4v) is 2.92. The fourth-order valence-electron chi connectivity index (χ4n) is 2.92. The molecule has 0 aromatic rings. The van der Waals surface area contributed by atoms with E-state index in [0.717, 1.165) is 31.3 Å². The van der Waals surface area contributed by atoms with Crippen LogP contribution < -0.4 is 10.6 Å². The molecule has 1 fully saturated rings. The first-order chi connectivity index (χ1) is 9.78. The molecule has 1 saturated heterocycles. The minimum absolute atomic E-state index is 0.532. The van der Waals surface area contributed by atoms with Crippen molar-refractivity contribution in [2.24, 2.45) is 10.9 Å². The molecular weight excluding hydrogens is 248 g/mol. The third-order valence-corrected chi connectivity index (χ3v) is 4.39. The Labute approximate surface area is 123 Å². The highest BCUT2D eigenvalue weighted by molar-refractivity contribution is 5.80. The summed E-state index contributed by atoms with van der Waals surface area (Å²) in [5, 5.41) is 6.90. The smallest absolute Gasteiger partial charge is 0.191 e. The maximum Gasteiger partial charge on any atom is 0.191 e. The van der Waals surface area contributed by atoms with Crippen LogP contribution in [-0.2, 0) is 0 Å². The molecule has 20 heavy (non-hydrogen) atoms. The van der Waals surface area contributed by atoms with Gasteiger partial charge in [0.2, 0.25) is 0 Å². The number of aliphatic imine (C=N–C) groups is 1. The Hall–Kier alpha value is -1.03. The minimum atomic E-state index is 0.532. The number of rotatable bonds is 5. The largest absolute Gasteiger partial charge is 0.356 e. The summed E-state index contributed by atoms with van der Waals surface area (Å²) in [5.74, 6) is 1.87. The first-order valence-corrected chi connectivity index (χ1v) is 8.12. The molecule has 0 atom stereocenters. The Morgan fingerprint density at radius 1 is 1.25 bits per heavy atom. The second kappa shape index (κ2) is 8.30. The van der Waals surface area contributed by atoms with Gasteiger partial charge in [0.15, 0.2) is 5.96 Å². The second-order valence-corrected chi connectivity index (χ2v) is 6.16. The lowest BCUT2D eigenvalue weighted by molar-refractivity contribution is 0.191. The number of piperidine rings is 1. The van der Waals surface area contributed by atoms with Crippen LogP contribution in [0.25, 0.3) is 0 Å². The SMILES string of the molecule is CN=C(NCCCN1CCC(C)CC1)NC1CC=CC1. The molecule has 0 radical (unpaired) electrons. The summed E-state index contributed by atoms with van der Waals surface area (Å²) in [6.07, 6.45) is 10.6. The van der Waals surface area contributed by atoms with Crippen LogP contribution in [0.4, 0.5) is 0 Å². The average molecular weight is 278 g/mol. The van der Waals surface area contributed by atoms with E-state index < -0.39 is 0 Å². The molecule has 0 amide bonds. The summed E-state index contributed by atoms with van der Waals surface area (Å²) in [7, 11) is 1.85. The average Bonchev–Trinajstić information content (AvgIpc) is 2.97. The zero-order chi connectivity index (χ0) is 14.2. The van der Waals surface area contributed by atoms with E-state index in [0.29, 0.717) is 6.04 Å². The standard InChI is InChI=1S/C16H30N4/c1-14-8-12-20(13-9-14)11-5-10-18-16(17-2)19-15-6-3-4-7-15/h3-4,14-15H,5-13H2,1-2H3,(H2,17,18,19). The van der Waals surface area contributed by atoms with E-state index in [4.69, 9.17) is 0 Å². The van der Waals surface area contributed by atoms with Gasteiger partial charge in [-0.25, -0.2) is 0 Å². The topological polar surface area (TPSA) is 39.7 Å². The molecule has 1 heterocycles. The normalized spacial score (nSPS) is 22.4. The molecule has 0 aromatic heterocycles. The number of nitrogens with one attached hydrogen (secondary N) is 2. The molecule has 0 saturated carbocycles. The van der Waals surface area contributed by atoms with Crippen LogP contribution in [0.3, 0.4) is 0 Å². The van der Waals surface area contributed by atoms with Crippen molar-refractivity contribution in [1.29, 1.82) is 0 Å². The maximum atomic E-state index is 4.30. The van der Waals surface area contributed by atoms with Crippen LogP contribution in [0, 0.1) is 5.92 Å². The van der Waals surface area contributed by atoms with E-state index in [1.54, 1.807) is 0 Å². The van der Waals surface area contributed by atoms with E-state index in [1.807, 2.05) is 7.05 Å². The summed E-state index contributed by atoms with van der Waals surface area (Å²) >= 11 is 0. The third kappa shape index (κ3) is 5.16. The van der Waals surface area contributed by atoms with Gasteiger partial charge in [-0.05, 0) is 57.7 Å². The Morgan fingerprint density at radius 2 is 1.95 bits per heavy atom. The van der Waals surface area contributed by atoms with Crippen LogP contribution in [0.5, 0.6) is 0 Å². The lowest BCUT2D eigenvalue weighted by atomic mass is 9.99. The van der Waals surface area contributed by atoms with Gasteiger partial charge in [0.1, 0.15) is 0 Å². The lowest BCUT2D eigenvalue weighted by Crippen LogP contribution is -2.43. The first-order valence-electron chi connectivity index (χ1n) is 8.12. The number of likely N-dealkylation sites (tertiary alicyclic amines) is 1. The zero-order valence-corrected chi connectivity index (χ0v) is 13.1. The molecule has 4 nitrogen and oxygen atoms in total. The Kier molecular flexibility index (Phi) is 6.37. The molecule has 114 valence electrons. The van der Waals surface area contributed by atoms with Crippen LogP contribution >= 0.6 is 0 Å². The summed E-state index contributed by atoms with van der Waals surface area (Å²) in [5.41, 5.74) is 0. The molecule has 2 N–H and O–H groups in total. The van der Waals surface area contributed by atoms with Crippen LogP contribution in [0.15, 0.2) is 17.1 Å². The van der Waals surface area contributed by atoms with Crippen LogP contribution in [0.2, 0.25) is 0 Å². The molecule has 2 aliphatic rings. The van der Waals surface area contributed by atoms with Gasteiger partial charge in [0, 0.05) is 19.6 Å². The van der Waals surface area contributed by atoms with Crippen LogP contribution in [-0.4, -0.2) is 50.1 Å².